The molecule has 1 heterocycles. The molecule has 0 saturated carbocycles. The highest BCUT2D eigenvalue weighted by Crippen LogP contribution is 2.13. The number of hydrogen-bond donors (Lipinski definition) is 0. The number of nitrogens with zero attached hydrogens (tertiary/aromatic N) is 2. The summed E-state index contributed by atoms with van der Waals surface area (Å²) in [5, 5.41) is 0. The van der Waals surface area contributed by atoms with Gasteiger partial charge in [-0.15, -0.1) is 0 Å². The van der Waals surface area contributed by atoms with Crippen molar-refractivity contribution >= 4 is 32.5 Å². The van der Waals surface area contributed by atoms with E-state index in [1.807, 2.05) is 4.31 Å². The first-order valence-electron chi connectivity index (χ1n) is 3.66. The maximum Gasteiger partial charge on any atom is 0.108 e. The van der Waals surface area contributed by atoms with E-state index < -0.39 is 9.92 Å². The van der Waals surface area contributed by atoms with E-state index in [2.05, 4.69) is 27.0 Å². The highest BCUT2D eigenvalue weighted by Gasteiger charge is 2.18. The fourth-order valence-electron chi connectivity index (χ4n) is 1.20. The van der Waals surface area contributed by atoms with Gasteiger partial charge in [0.15, 0.2) is 0 Å². The van der Waals surface area contributed by atoms with Gasteiger partial charge >= 0.3 is 0 Å². The highest BCUT2D eigenvalue weighted by atomic mass is 127. The maximum absolute atomic E-state index is 11.7. The molecular weight excluding hydrogens is 275 g/mol. The van der Waals surface area contributed by atoms with Crippen molar-refractivity contribution in [3.8, 4) is 0 Å². The molecule has 0 amide bonds. The van der Waals surface area contributed by atoms with Gasteiger partial charge in [0, 0.05) is 19.3 Å². The SMILES string of the molecule is CS(=O)(=NCI)N1CCCC1. The van der Waals surface area contributed by atoms with E-state index in [9.17, 15) is 4.21 Å². The Morgan fingerprint density at radius 3 is 2.55 bits per heavy atom. The van der Waals surface area contributed by atoms with Gasteiger partial charge in [-0.3, -0.25) is 0 Å². The number of hydrogen-bond acceptors (Lipinski definition) is 2. The molecule has 0 aromatic carbocycles. The Morgan fingerprint density at radius 2 is 2.09 bits per heavy atom. The van der Waals surface area contributed by atoms with Crippen LogP contribution in [0, 0.1) is 0 Å². The summed E-state index contributed by atoms with van der Waals surface area (Å²) < 4.78 is 18.4. The van der Waals surface area contributed by atoms with Crippen molar-refractivity contribution in [2.24, 2.45) is 4.36 Å². The summed E-state index contributed by atoms with van der Waals surface area (Å²) in [4.78, 5) is 0. The van der Waals surface area contributed by atoms with Crippen LogP contribution in [0.15, 0.2) is 4.36 Å². The Bertz CT molecular complexity index is 229. The molecule has 1 aliphatic heterocycles. The van der Waals surface area contributed by atoms with Gasteiger partial charge in [0.05, 0.1) is 0 Å². The molecule has 1 unspecified atom stereocenters. The monoisotopic (exact) mass is 288 g/mol. The van der Waals surface area contributed by atoms with E-state index in [1.54, 1.807) is 6.26 Å². The van der Waals surface area contributed by atoms with Gasteiger partial charge in [0.2, 0.25) is 0 Å². The second-order valence-corrected chi connectivity index (χ2v) is 5.63. The molecule has 0 aliphatic carbocycles. The van der Waals surface area contributed by atoms with Crippen LogP contribution in [0.1, 0.15) is 12.8 Å². The van der Waals surface area contributed by atoms with Crippen molar-refractivity contribution in [3.05, 3.63) is 0 Å². The van der Waals surface area contributed by atoms with E-state index in [0.717, 1.165) is 13.1 Å². The first kappa shape index (κ1) is 9.73. The standard InChI is InChI=1S/C6H13IN2OS/c1-11(10,8-6-7)9-4-2-3-5-9/h2-6H2,1H3. The van der Waals surface area contributed by atoms with Gasteiger partial charge in [-0.05, 0) is 12.8 Å². The Morgan fingerprint density at radius 1 is 1.55 bits per heavy atom. The minimum Gasteiger partial charge on any atom is -0.234 e. The van der Waals surface area contributed by atoms with Gasteiger partial charge in [0.25, 0.3) is 0 Å². The summed E-state index contributed by atoms with van der Waals surface area (Å²) >= 11 is 2.13. The van der Waals surface area contributed by atoms with Crippen molar-refractivity contribution in [2.45, 2.75) is 12.8 Å². The van der Waals surface area contributed by atoms with Crippen molar-refractivity contribution in [2.75, 3.05) is 23.9 Å². The lowest BCUT2D eigenvalue weighted by molar-refractivity contribution is 0.531. The molecule has 1 fully saturated rings. The third kappa shape index (κ3) is 2.55. The van der Waals surface area contributed by atoms with Crippen molar-refractivity contribution in [1.29, 1.82) is 0 Å². The first-order valence-corrected chi connectivity index (χ1v) is 7.06. The normalized spacial score (nSPS) is 24.9. The predicted molar refractivity (Wildman–Crippen MR) is 56.2 cm³/mol. The molecule has 1 aliphatic rings. The zero-order valence-corrected chi connectivity index (χ0v) is 9.60. The van der Waals surface area contributed by atoms with Crippen molar-refractivity contribution in [1.82, 2.24) is 4.31 Å². The van der Waals surface area contributed by atoms with Gasteiger partial charge in [-0.2, -0.15) is 0 Å². The maximum atomic E-state index is 11.7. The van der Waals surface area contributed by atoms with Gasteiger partial charge < -0.3 is 0 Å². The van der Waals surface area contributed by atoms with Crippen LogP contribution in [0.2, 0.25) is 0 Å². The first-order chi connectivity index (χ1) is 5.17. The molecule has 0 aromatic rings. The number of alkyl halides is 1. The lowest BCUT2D eigenvalue weighted by atomic mass is 10.4. The molecule has 11 heavy (non-hydrogen) atoms. The molecule has 1 atom stereocenters. The Labute approximate surface area is 82.0 Å². The van der Waals surface area contributed by atoms with E-state index in [4.69, 9.17) is 0 Å². The minimum atomic E-state index is -2.01. The molecule has 5 heteroatoms. The van der Waals surface area contributed by atoms with Crippen LogP contribution >= 0.6 is 22.6 Å². The Hall–Kier alpha value is 0.640. The molecule has 66 valence electrons. The molecule has 3 nitrogen and oxygen atoms in total. The predicted octanol–water partition coefficient (Wildman–Crippen LogP) is 1.49. The molecule has 0 bridgehead atoms. The molecule has 0 spiro atoms. The van der Waals surface area contributed by atoms with Crippen LogP contribution in [0.3, 0.4) is 0 Å². The zero-order chi connectivity index (χ0) is 8.32. The van der Waals surface area contributed by atoms with Crippen LogP contribution in [0.25, 0.3) is 0 Å². The topological polar surface area (TPSA) is 32.7 Å². The molecule has 0 aromatic heterocycles. The fourth-order valence-corrected chi connectivity index (χ4v) is 4.03. The third-order valence-electron chi connectivity index (χ3n) is 1.83. The summed E-state index contributed by atoms with van der Waals surface area (Å²) in [5.74, 6) is 0. The quantitative estimate of drug-likeness (QED) is 0.430. The van der Waals surface area contributed by atoms with Crippen molar-refractivity contribution in [3.63, 3.8) is 0 Å². The third-order valence-corrected chi connectivity index (χ3v) is 4.57. The largest absolute Gasteiger partial charge is 0.234 e. The lowest BCUT2D eigenvalue weighted by Gasteiger charge is -2.15. The molecule has 0 N–H and O–H groups in total. The highest BCUT2D eigenvalue weighted by molar-refractivity contribution is 14.1. The summed E-state index contributed by atoms with van der Waals surface area (Å²) in [6.07, 6.45) is 4.07. The summed E-state index contributed by atoms with van der Waals surface area (Å²) in [5.41, 5.74) is 0. The number of rotatable bonds is 2. The average Bonchev–Trinajstić information content (AvgIpc) is 2.37. The summed E-state index contributed by atoms with van der Waals surface area (Å²) in [7, 11) is -2.01. The lowest BCUT2D eigenvalue weighted by Crippen LogP contribution is -2.26. The Balaban J connectivity index is 2.71. The Kier molecular flexibility index (Phi) is 3.57. The van der Waals surface area contributed by atoms with Crippen molar-refractivity contribution < 1.29 is 4.21 Å². The smallest absolute Gasteiger partial charge is 0.108 e. The second-order valence-electron chi connectivity index (χ2n) is 2.65. The molecular formula is C6H13IN2OS. The van der Waals surface area contributed by atoms with Crippen LogP contribution < -0.4 is 0 Å². The molecule has 0 radical (unpaired) electrons. The fraction of sp³-hybridized carbons (Fsp3) is 1.00. The van der Waals surface area contributed by atoms with Gasteiger partial charge in [-0.25, -0.2) is 12.9 Å². The molecule has 1 rings (SSSR count). The van der Waals surface area contributed by atoms with E-state index in [1.165, 1.54) is 12.8 Å². The van der Waals surface area contributed by atoms with E-state index >= 15 is 0 Å². The van der Waals surface area contributed by atoms with E-state index in [0.29, 0.717) is 4.55 Å². The summed E-state index contributed by atoms with van der Waals surface area (Å²) in [6, 6.07) is 0. The number of halogens is 1. The average molecular weight is 288 g/mol. The minimum absolute atomic E-state index is 0.629. The van der Waals surface area contributed by atoms with Gasteiger partial charge in [-0.1, -0.05) is 22.6 Å². The van der Waals surface area contributed by atoms with Crippen LogP contribution in [-0.4, -0.2) is 32.4 Å². The molecule has 1 saturated heterocycles. The summed E-state index contributed by atoms with van der Waals surface area (Å²) in [6.45, 7) is 1.91. The zero-order valence-electron chi connectivity index (χ0n) is 6.62. The van der Waals surface area contributed by atoms with Crippen LogP contribution in [0.5, 0.6) is 0 Å². The van der Waals surface area contributed by atoms with E-state index in [-0.39, 0.29) is 0 Å². The van der Waals surface area contributed by atoms with Crippen LogP contribution in [-0.2, 0) is 9.92 Å². The van der Waals surface area contributed by atoms with Gasteiger partial charge in [0.1, 0.15) is 14.5 Å². The van der Waals surface area contributed by atoms with Crippen LogP contribution in [0.4, 0.5) is 0 Å². The second kappa shape index (κ2) is 4.04.